The van der Waals surface area contributed by atoms with Gasteiger partial charge in [0.25, 0.3) is 5.91 Å². The number of benzene rings is 2. The lowest BCUT2D eigenvalue weighted by Gasteiger charge is -2.11. The summed E-state index contributed by atoms with van der Waals surface area (Å²) >= 11 is 0. The second-order valence-electron chi connectivity index (χ2n) is 5.83. The predicted octanol–water partition coefficient (Wildman–Crippen LogP) is 3.17. The fraction of sp³-hybridized carbons (Fsp3) is 0.150. The molecule has 0 bridgehead atoms. The number of ether oxygens (including phenoxy) is 1. The highest BCUT2D eigenvalue weighted by atomic mass is 16.5. The lowest BCUT2D eigenvalue weighted by atomic mass is 10.1. The first-order chi connectivity index (χ1) is 13.2. The summed E-state index contributed by atoms with van der Waals surface area (Å²) in [5.41, 5.74) is 1.59. The van der Waals surface area contributed by atoms with Crippen molar-refractivity contribution in [3.05, 3.63) is 72.8 Å². The standard InChI is InChI=1S/C20H20N4O3/c1-27-18-8-3-2-7-17(18)23-20(26)15-5-4-6-16(13-15)22-19(25)9-11-24-12-10-21-14-24/h2-8,10,12-14H,9,11H2,1H3,(H,22,25)(H,23,26). The second-order valence-corrected chi connectivity index (χ2v) is 5.83. The summed E-state index contributed by atoms with van der Waals surface area (Å²) in [7, 11) is 1.55. The minimum absolute atomic E-state index is 0.133. The van der Waals surface area contributed by atoms with E-state index in [-0.39, 0.29) is 11.8 Å². The summed E-state index contributed by atoms with van der Waals surface area (Å²) < 4.78 is 7.07. The molecular weight excluding hydrogens is 344 g/mol. The number of carbonyl (C=O) groups is 2. The van der Waals surface area contributed by atoms with Crippen LogP contribution in [0, 0.1) is 0 Å². The van der Waals surface area contributed by atoms with Crippen LogP contribution in [-0.2, 0) is 11.3 Å². The van der Waals surface area contributed by atoms with Crippen LogP contribution in [0.2, 0.25) is 0 Å². The van der Waals surface area contributed by atoms with Crippen molar-refractivity contribution in [2.24, 2.45) is 0 Å². The minimum Gasteiger partial charge on any atom is -0.495 e. The average Bonchev–Trinajstić information content (AvgIpc) is 3.21. The van der Waals surface area contributed by atoms with Crippen LogP contribution in [-0.4, -0.2) is 28.5 Å². The Balaban J connectivity index is 1.62. The molecule has 2 aromatic carbocycles. The van der Waals surface area contributed by atoms with Gasteiger partial charge in [-0.15, -0.1) is 0 Å². The lowest BCUT2D eigenvalue weighted by molar-refractivity contribution is -0.116. The van der Waals surface area contributed by atoms with Crippen LogP contribution < -0.4 is 15.4 Å². The van der Waals surface area contributed by atoms with Gasteiger partial charge >= 0.3 is 0 Å². The summed E-state index contributed by atoms with van der Waals surface area (Å²) in [6.45, 7) is 0.541. The van der Waals surface area contributed by atoms with Gasteiger partial charge in [0.1, 0.15) is 5.75 Å². The van der Waals surface area contributed by atoms with Gasteiger partial charge in [-0.25, -0.2) is 4.98 Å². The van der Waals surface area contributed by atoms with Crippen molar-refractivity contribution >= 4 is 23.2 Å². The molecule has 7 heteroatoms. The van der Waals surface area contributed by atoms with E-state index in [2.05, 4.69) is 15.6 Å². The molecule has 27 heavy (non-hydrogen) atoms. The molecule has 0 unspecified atom stereocenters. The number of hydrogen-bond acceptors (Lipinski definition) is 4. The van der Waals surface area contributed by atoms with Crippen LogP contribution in [0.1, 0.15) is 16.8 Å². The number of amides is 2. The number of methoxy groups -OCH3 is 1. The van der Waals surface area contributed by atoms with Crippen LogP contribution in [0.15, 0.2) is 67.3 Å². The number of carbonyl (C=O) groups excluding carboxylic acids is 2. The highest BCUT2D eigenvalue weighted by Gasteiger charge is 2.11. The van der Waals surface area contributed by atoms with Gasteiger partial charge < -0.3 is 19.9 Å². The van der Waals surface area contributed by atoms with Gasteiger partial charge in [-0.2, -0.15) is 0 Å². The van der Waals surface area contributed by atoms with Crippen molar-refractivity contribution in [1.29, 1.82) is 0 Å². The third-order valence-electron chi connectivity index (χ3n) is 3.92. The number of nitrogens with one attached hydrogen (secondary N) is 2. The highest BCUT2D eigenvalue weighted by molar-refractivity contribution is 6.06. The number of aryl methyl sites for hydroxylation is 1. The Morgan fingerprint density at radius 1 is 1.11 bits per heavy atom. The van der Waals surface area contributed by atoms with Gasteiger partial charge in [0.05, 0.1) is 19.1 Å². The number of hydrogen-bond donors (Lipinski definition) is 2. The SMILES string of the molecule is COc1ccccc1NC(=O)c1cccc(NC(=O)CCn2ccnc2)c1. The van der Waals surface area contributed by atoms with Gasteiger partial charge in [0.15, 0.2) is 0 Å². The summed E-state index contributed by atoms with van der Waals surface area (Å²) in [6.07, 6.45) is 5.45. The normalized spacial score (nSPS) is 10.3. The maximum Gasteiger partial charge on any atom is 0.255 e. The quantitative estimate of drug-likeness (QED) is 0.674. The third-order valence-corrected chi connectivity index (χ3v) is 3.92. The smallest absolute Gasteiger partial charge is 0.255 e. The Bertz CT molecular complexity index is 922. The molecule has 0 saturated heterocycles. The van der Waals surface area contributed by atoms with Gasteiger partial charge in [-0.1, -0.05) is 18.2 Å². The molecule has 7 nitrogen and oxygen atoms in total. The maximum absolute atomic E-state index is 12.5. The van der Waals surface area contributed by atoms with E-state index in [1.54, 1.807) is 62.2 Å². The van der Waals surface area contributed by atoms with E-state index in [0.29, 0.717) is 35.7 Å². The molecule has 0 atom stereocenters. The Hall–Kier alpha value is -3.61. The molecule has 0 fully saturated rings. The molecule has 2 amide bonds. The largest absolute Gasteiger partial charge is 0.495 e. The molecule has 0 saturated carbocycles. The molecule has 3 aromatic rings. The van der Waals surface area contributed by atoms with Gasteiger partial charge in [0.2, 0.25) is 5.91 Å². The zero-order chi connectivity index (χ0) is 19.1. The zero-order valence-corrected chi connectivity index (χ0v) is 14.9. The van der Waals surface area contributed by atoms with Crippen molar-refractivity contribution in [1.82, 2.24) is 9.55 Å². The predicted molar refractivity (Wildman–Crippen MR) is 103 cm³/mol. The zero-order valence-electron chi connectivity index (χ0n) is 14.9. The fourth-order valence-corrected chi connectivity index (χ4v) is 2.55. The maximum atomic E-state index is 12.5. The van der Waals surface area contributed by atoms with Crippen molar-refractivity contribution in [2.75, 3.05) is 17.7 Å². The Morgan fingerprint density at radius 3 is 2.74 bits per heavy atom. The van der Waals surface area contributed by atoms with Crippen LogP contribution in [0.25, 0.3) is 0 Å². The van der Waals surface area contributed by atoms with E-state index in [9.17, 15) is 9.59 Å². The molecule has 1 aromatic heterocycles. The van der Waals surface area contributed by atoms with E-state index in [1.165, 1.54) is 0 Å². The second kappa shape index (κ2) is 8.66. The monoisotopic (exact) mass is 364 g/mol. The Labute approximate surface area is 157 Å². The minimum atomic E-state index is -0.283. The molecule has 2 N–H and O–H groups in total. The van der Waals surface area contributed by atoms with E-state index in [0.717, 1.165) is 0 Å². The molecule has 0 spiro atoms. The molecular formula is C20H20N4O3. The van der Waals surface area contributed by atoms with Crippen molar-refractivity contribution in [2.45, 2.75) is 13.0 Å². The molecule has 0 aliphatic rings. The van der Waals surface area contributed by atoms with Gasteiger partial charge in [-0.3, -0.25) is 9.59 Å². The number of nitrogens with zero attached hydrogens (tertiary/aromatic N) is 2. The Morgan fingerprint density at radius 2 is 1.96 bits per heavy atom. The third kappa shape index (κ3) is 4.94. The first-order valence-corrected chi connectivity index (χ1v) is 8.46. The van der Waals surface area contributed by atoms with Gasteiger partial charge in [0, 0.05) is 36.6 Å². The van der Waals surface area contributed by atoms with E-state index >= 15 is 0 Å². The van der Waals surface area contributed by atoms with E-state index < -0.39 is 0 Å². The molecule has 138 valence electrons. The van der Waals surface area contributed by atoms with Crippen molar-refractivity contribution < 1.29 is 14.3 Å². The number of imidazole rings is 1. The van der Waals surface area contributed by atoms with Gasteiger partial charge in [-0.05, 0) is 30.3 Å². The van der Waals surface area contributed by atoms with Crippen molar-refractivity contribution in [3.63, 3.8) is 0 Å². The molecule has 3 rings (SSSR count). The molecule has 0 aliphatic carbocycles. The van der Waals surface area contributed by atoms with Crippen molar-refractivity contribution in [3.8, 4) is 5.75 Å². The summed E-state index contributed by atoms with van der Waals surface area (Å²) in [6, 6.07) is 14.0. The number of anilines is 2. The lowest BCUT2D eigenvalue weighted by Crippen LogP contribution is -2.16. The average molecular weight is 364 g/mol. The fourth-order valence-electron chi connectivity index (χ4n) is 2.55. The molecule has 0 aliphatic heterocycles. The number of rotatable bonds is 7. The van der Waals surface area contributed by atoms with E-state index in [4.69, 9.17) is 4.74 Å². The molecule has 0 radical (unpaired) electrons. The highest BCUT2D eigenvalue weighted by Crippen LogP contribution is 2.24. The summed E-state index contributed by atoms with van der Waals surface area (Å²) in [5, 5.41) is 5.62. The molecule has 1 heterocycles. The van der Waals surface area contributed by atoms with Crippen LogP contribution in [0.3, 0.4) is 0 Å². The first kappa shape index (κ1) is 18.2. The van der Waals surface area contributed by atoms with E-state index in [1.807, 2.05) is 16.7 Å². The van der Waals surface area contributed by atoms with Crippen LogP contribution >= 0.6 is 0 Å². The number of para-hydroxylation sites is 2. The van der Waals surface area contributed by atoms with Crippen LogP contribution in [0.4, 0.5) is 11.4 Å². The summed E-state index contributed by atoms with van der Waals surface area (Å²) in [4.78, 5) is 28.6. The summed E-state index contributed by atoms with van der Waals surface area (Å²) in [5.74, 6) is 0.162. The topological polar surface area (TPSA) is 85.3 Å². The van der Waals surface area contributed by atoms with Crippen LogP contribution in [0.5, 0.6) is 5.75 Å². The Kier molecular flexibility index (Phi) is 5.84. The first-order valence-electron chi connectivity index (χ1n) is 8.46. The number of aromatic nitrogens is 2.